The van der Waals surface area contributed by atoms with E-state index in [0.717, 1.165) is 10.0 Å². The maximum absolute atomic E-state index is 12.4. The first-order valence-corrected chi connectivity index (χ1v) is 9.05. The maximum atomic E-state index is 12.4. The summed E-state index contributed by atoms with van der Waals surface area (Å²) in [6, 6.07) is 10.6. The molecule has 142 valence electrons. The third-order valence-corrected chi connectivity index (χ3v) is 3.90. The zero-order chi connectivity index (χ0) is 19.6. The van der Waals surface area contributed by atoms with Crippen LogP contribution in [0.25, 0.3) is 0 Å². The van der Waals surface area contributed by atoms with E-state index in [0.29, 0.717) is 36.0 Å². The molecule has 0 radical (unpaired) electrons. The zero-order valence-electron chi connectivity index (χ0n) is 15.2. The lowest BCUT2D eigenvalue weighted by Crippen LogP contribution is -2.19. The molecule has 0 aliphatic carbocycles. The predicted octanol–water partition coefficient (Wildman–Crippen LogP) is 4.19. The van der Waals surface area contributed by atoms with Gasteiger partial charge in [-0.15, -0.1) is 0 Å². The number of hydrogen-bond donors (Lipinski definition) is 1. The number of rotatable bonds is 9. The number of nitrogens with one attached hydrogen (secondary N) is 1. The van der Waals surface area contributed by atoms with Crippen LogP contribution in [0.3, 0.4) is 0 Å². The Labute approximate surface area is 167 Å². The van der Waals surface area contributed by atoms with E-state index < -0.39 is 0 Å². The Bertz CT molecular complexity index is 837. The number of hydrazone groups is 1. The van der Waals surface area contributed by atoms with Crippen molar-refractivity contribution in [3.05, 3.63) is 64.7 Å². The van der Waals surface area contributed by atoms with Gasteiger partial charge in [0.15, 0.2) is 11.5 Å². The van der Waals surface area contributed by atoms with Crippen molar-refractivity contribution in [2.75, 3.05) is 20.3 Å². The van der Waals surface area contributed by atoms with Crippen molar-refractivity contribution in [3.8, 4) is 17.2 Å². The minimum atomic E-state index is -0.385. The van der Waals surface area contributed by atoms with Crippen LogP contribution in [-0.2, 0) is 0 Å². The summed E-state index contributed by atoms with van der Waals surface area (Å²) in [5, 5.41) is 4.01. The molecule has 0 spiro atoms. The molecular formula is C20H21BrN2O4. The summed E-state index contributed by atoms with van der Waals surface area (Å²) < 4.78 is 17.0. The summed E-state index contributed by atoms with van der Waals surface area (Å²) in [6.07, 6.45) is 3.14. The smallest absolute Gasteiger partial charge is 0.275 e. The monoisotopic (exact) mass is 432 g/mol. The van der Waals surface area contributed by atoms with Gasteiger partial charge in [-0.2, -0.15) is 5.10 Å². The highest BCUT2D eigenvalue weighted by Gasteiger charge is 2.12. The van der Waals surface area contributed by atoms with Crippen LogP contribution in [0.15, 0.2) is 58.6 Å². The molecule has 27 heavy (non-hydrogen) atoms. The van der Waals surface area contributed by atoms with Crippen molar-refractivity contribution in [3.63, 3.8) is 0 Å². The SMILES string of the molecule is C=CCOc1ccc(Br)cc1C(=O)N/N=C\c1ccc(OCC)c(OC)c1. The third kappa shape index (κ3) is 5.86. The van der Waals surface area contributed by atoms with Crippen LogP contribution in [0.2, 0.25) is 0 Å². The summed E-state index contributed by atoms with van der Waals surface area (Å²) in [7, 11) is 1.57. The molecule has 0 fully saturated rings. The van der Waals surface area contributed by atoms with Crippen molar-refractivity contribution < 1.29 is 19.0 Å². The van der Waals surface area contributed by atoms with Crippen LogP contribution in [0.4, 0.5) is 0 Å². The van der Waals surface area contributed by atoms with Gasteiger partial charge in [0.2, 0.25) is 0 Å². The molecule has 0 saturated heterocycles. The van der Waals surface area contributed by atoms with Crippen LogP contribution in [0, 0.1) is 0 Å². The number of amides is 1. The van der Waals surface area contributed by atoms with Crippen LogP contribution in [0.1, 0.15) is 22.8 Å². The minimum absolute atomic E-state index is 0.303. The first-order chi connectivity index (χ1) is 13.1. The molecule has 0 aromatic heterocycles. The molecule has 6 nitrogen and oxygen atoms in total. The molecular weight excluding hydrogens is 412 g/mol. The van der Waals surface area contributed by atoms with Gasteiger partial charge in [-0.3, -0.25) is 4.79 Å². The average Bonchev–Trinajstić information content (AvgIpc) is 2.68. The number of nitrogens with zero attached hydrogens (tertiary/aromatic N) is 1. The van der Waals surface area contributed by atoms with Gasteiger partial charge in [0, 0.05) is 4.47 Å². The third-order valence-electron chi connectivity index (χ3n) is 3.41. The van der Waals surface area contributed by atoms with Crippen molar-refractivity contribution >= 4 is 28.1 Å². The lowest BCUT2D eigenvalue weighted by atomic mass is 10.2. The molecule has 2 aromatic carbocycles. The molecule has 0 unspecified atom stereocenters. The van der Waals surface area contributed by atoms with E-state index in [-0.39, 0.29) is 5.91 Å². The predicted molar refractivity (Wildman–Crippen MR) is 109 cm³/mol. The highest BCUT2D eigenvalue weighted by Crippen LogP contribution is 2.27. The maximum Gasteiger partial charge on any atom is 0.275 e. The highest BCUT2D eigenvalue weighted by molar-refractivity contribution is 9.10. The molecule has 7 heteroatoms. The zero-order valence-corrected chi connectivity index (χ0v) is 16.8. The lowest BCUT2D eigenvalue weighted by molar-refractivity contribution is 0.0951. The molecule has 0 saturated carbocycles. The van der Waals surface area contributed by atoms with Gasteiger partial charge in [0.1, 0.15) is 12.4 Å². The van der Waals surface area contributed by atoms with Gasteiger partial charge < -0.3 is 14.2 Å². The average molecular weight is 433 g/mol. The van der Waals surface area contributed by atoms with E-state index in [9.17, 15) is 4.79 Å². The Morgan fingerprint density at radius 1 is 1.19 bits per heavy atom. The molecule has 1 N–H and O–H groups in total. The van der Waals surface area contributed by atoms with Gasteiger partial charge in [-0.1, -0.05) is 28.6 Å². The first kappa shape index (κ1) is 20.5. The topological polar surface area (TPSA) is 69.2 Å². The summed E-state index contributed by atoms with van der Waals surface area (Å²) in [4.78, 5) is 12.4. The van der Waals surface area contributed by atoms with E-state index in [1.807, 2.05) is 13.0 Å². The number of halogens is 1. The van der Waals surface area contributed by atoms with E-state index in [4.69, 9.17) is 14.2 Å². The standard InChI is InChI=1S/C20H21BrN2O4/c1-4-10-27-17-9-7-15(21)12-16(17)20(24)23-22-13-14-6-8-18(26-5-2)19(11-14)25-3/h4,6-9,11-13H,1,5,10H2,2-3H3,(H,23,24)/b22-13-. The van der Waals surface area contributed by atoms with E-state index in [2.05, 4.69) is 33.0 Å². The lowest BCUT2D eigenvalue weighted by Gasteiger charge is -2.10. The molecule has 0 atom stereocenters. The van der Waals surface area contributed by atoms with E-state index in [1.54, 1.807) is 43.5 Å². The van der Waals surface area contributed by atoms with Gasteiger partial charge in [-0.25, -0.2) is 5.43 Å². The van der Waals surface area contributed by atoms with Crippen LogP contribution in [-0.4, -0.2) is 32.4 Å². The van der Waals surface area contributed by atoms with Gasteiger partial charge in [0.25, 0.3) is 5.91 Å². The summed E-state index contributed by atoms with van der Waals surface area (Å²) in [5.41, 5.74) is 3.63. The van der Waals surface area contributed by atoms with Crippen molar-refractivity contribution in [2.45, 2.75) is 6.92 Å². The molecule has 0 aliphatic rings. The van der Waals surface area contributed by atoms with Gasteiger partial charge in [-0.05, 0) is 48.9 Å². The van der Waals surface area contributed by atoms with Crippen molar-refractivity contribution in [1.82, 2.24) is 5.43 Å². The molecule has 0 aliphatic heterocycles. The molecule has 2 aromatic rings. The molecule has 1 amide bonds. The van der Waals surface area contributed by atoms with Gasteiger partial charge in [0.05, 0.1) is 25.5 Å². The van der Waals surface area contributed by atoms with Crippen LogP contribution < -0.4 is 19.6 Å². The van der Waals surface area contributed by atoms with Crippen LogP contribution >= 0.6 is 15.9 Å². The Hall–Kier alpha value is -2.80. The summed E-state index contributed by atoms with van der Waals surface area (Å²) >= 11 is 3.35. The minimum Gasteiger partial charge on any atom is -0.493 e. The fraction of sp³-hybridized carbons (Fsp3) is 0.200. The van der Waals surface area contributed by atoms with E-state index >= 15 is 0 Å². The largest absolute Gasteiger partial charge is 0.493 e. The fourth-order valence-corrected chi connectivity index (χ4v) is 2.58. The summed E-state index contributed by atoms with van der Waals surface area (Å²) in [6.45, 7) is 6.35. The Morgan fingerprint density at radius 2 is 1.96 bits per heavy atom. The second kappa shape index (κ2) is 10.4. The van der Waals surface area contributed by atoms with Crippen molar-refractivity contribution in [1.29, 1.82) is 0 Å². The number of benzene rings is 2. The quantitative estimate of drug-likeness (QED) is 0.366. The van der Waals surface area contributed by atoms with Crippen LogP contribution in [0.5, 0.6) is 17.2 Å². The molecule has 0 bridgehead atoms. The van der Waals surface area contributed by atoms with E-state index in [1.165, 1.54) is 6.21 Å². The van der Waals surface area contributed by atoms with Gasteiger partial charge >= 0.3 is 0 Å². The Balaban J connectivity index is 2.11. The number of hydrogen-bond acceptors (Lipinski definition) is 5. The normalized spacial score (nSPS) is 10.5. The number of methoxy groups -OCH3 is 1. The Kier molecular flexibility index (Phi) is 7.88. The van der Waals surface area contributed by atoms with Crippen molar-refractivity contribution in [2.24, 2.45) is 5.10 Å². The summed E-state index contributed by atoms with van der Waals surface area (Å²) in [5.74, 6) is 1.32. The molecule has 2 rings (SSSR count). The fourth-order valence-electron chi connectivity index (χ4n) is 2.22. The second-order valence-electron chi connectivity index (χ2n) is 5.28. The Morgan fingerprint density at radius 3 is 2.67 bits per heavy atom. The first-order valence-electron chi connectivity index (χ1n) is 8.26. The molecule has 0 heterocycles. The highest BCUT2D eigenvalue weighted by atomic mass is 79.9. The second-order valence-corrected chi connectivity index (χ2v) is 6.20. The number of ether oxygens (including phenoxy) is 3. The number of carbonyl (C=O) groups excluding carboxylic acids is 1. The number of carbonyl (C=O) groups is 1.